The van der Waals surface area contributed by atoms with E-state index in [0.717, 1.165) is 0 Å². The predicted octanol–water partition coefficient (Wildman–Crippen LogP) is 2.37. The van der Waals surface area contributed by atoms with E-state index < -0.39 is 11.7 Å². The lowest BCUT2D eigenvalue weighted by molar-refractivity contribution is 0.0527. The summed E-state index contributed by atoms with van der Waals surface area (Å²) in [5.41, 5.74) is 0.107. The number of hydrogen-bond acceptors (Lipinski definition) is 4. The maximum absolute atomic E-state index is 13.9. The van der Waals surface area contributed by atoms with Crippen molar-refractivity contribution in [1.82, 2.24) is 15.0 Å². The second-order valence-corrected chi connectivity index (χ2v) is 5.91. The van der Waals surface area contributed by atoms with E-state index in [9.17, 15) is 14.0 Å². The summed E-state index contributed by atoms with van der Waals surface area (Å²) in [6.07, 6.45) is 0. The van der Waals surface area contributed by atoms with Crippen LogP contribution in [0.1, 0.15) is 26.6 Å². The molecule has 1 aromatic carbocycles. The summed E-state index contributed by atoms with van der Waals surface area (Å²) < 4.78 is 18.8. The van der Waals surface area contributed by atoms with Crippen LogP contribution in [0.15, 0.2) is 28.8 Å². The molecular formula is C16H15ClFN3O3. The molecule has 1 fully saturated rings. The fourth-order valence-electron chi connectivity index (χ4n) is 2.60. The van der Waals surface area contributed by atoms with E-state index in [-0.39, 0.29) is 22.2 Å². The van der Waals surface area contributed by atoms with Crippen LogP contribution in [0.2, 0.25) is 5.02 Å². The van der Waals surface area contributed by atoms with Crippen LogP contribution in [-0.4, -0.2) is 52.9 Å². The van der Waals surface area contributed by atoms with Crippen molar-refractivity contribution >= 4 is 23.4 Å². The molecule has 0 spiro atoms. The molecule has 2 aromatic rings. The molecule has 0 atom stereocenters. The van der Waals surface area contributed by atoms with E-state index in [2.05, 4.69) is 5.16 Å². The van der Waals surface area contributed by atoms with Gasteiger partial charge in [-0.2, -0.15) is 0 Å². The van der Waals surface area contributed by atoms with Gasteiger partial charge >= 0.3 is 0 Å². The number of aromatic nitrogens is 1. The number of nitrogens with zero attached hydrogens (tertiary/aromatic N) is 3. The molecule has 0 unspecified atom stereocenters. The number of hydrogen-bond donors (Lipinski definition) is 0. The largest absolute Gasteiger partial charge is 0.361 e. The minimum absolute atomic E-state index is 0.0802. The lowest BCUT2D eigenvalue weighted by atomic mass is 10.1. The molecular weight excluding hydrogens is 337 g/mol. The third-order valence-electron chi connectivity index (χ3n) is 3.88. The molecule has 8 heteroatoms. The van der Waals surface area contributed by atoms with Crippen molar-refractivity contribution in [2.45, 2.75) is 6.92 Å². The molecule has 2 heterocycles. The van der Waals surface area contributed by atoms with Gasteiger partial charge in [-0.15, -0.1) is 0 Å². The summed E-state index contributed by atoms with van der Waals surface area (Å²) in [4.78, 5) is 27.8. The fourth-order valence-corrected chi connectivity index (χ4v) is 2.85. The summed E-state index contributed by atoms with van der Waals surface area (Å²) in [7, 11) is 0. The quantitative estimate of drug-likeness (QED) is 0.833. The molecule has 24 heavy (non-hydrogen) atoms. The molecule has 6 nitrogen and oxygen atoms in total. The normalized spacial score (nSPS) is 14.8. The first-order valence-electron chi connectivity index (χ1n) is 7.43. The van der Waals surface area contributed by atoms with Crippen molar-refractivity contribution in [2.24, 2.45) is 0 Å². The predicted molar refractivity (Wildman–Crippen MR) is 84.5 cm³/mol. The Bertz CT molecular complexity index is 764. The topological polar surface area (TPSA) is 66.7 Å². The van der Waals surface area contributed by atoms with Crippen molar-refractivity contribution in [3.8, 4) is 0 Å². The second kappa shape index (κ2) is 6.60. The van der Waals surface area contributed by atoms with Crippen LogP contribution in [0.3, 0.4) is 0 Å². The number of amides is 2. The zero-order valence-corrected chi connectivity index (χ0v) is 13.7. The lowest BCUT2D eigenvalue weighted by Crippen LogP contribution is -2.50. The Morgan fingerprint density at radius 3 is 2.33 bits per heavy atom. The van der Waals surface area contributed by atoms with Gasteiger partial charge in [0.2, 0.25) is 0 Å². The zero-order valence-electron chi connectivity index (χ0n) is 13.0. The van der Waals surface area contributed by atoms with Crippen LogP contribution in [0.5, 0.6) is 0 Å². The van der Waals surface area contributed by atoms with Crippen molar-refractivity contribution < 1.29 is 18.5 Å². The van der Waals surface area contributed by atoms with Crippen LogP contribution in [0.4, 0.5) is 4.39 Å². The average molecular weight is 352 g/mol. The van der Waals surface area contributed by atoms with Gasteiger partial charge < -0.3 is 14.3 Å². The van der Waals surface area contributed by atoms with Crippen LogP contribution in [0.25, 0.3) is 0 Å². The van der Waals surface area contributed by atoms with Crippen molar-refractivity contribution in [3.05, 3.63) is 52.1 Å². The SMILES string of the molecule is Cc1cc(C(=O)N2CCN(C(=O)c3c(F)cccc3Cl)CC2)no1. The van der Waals surface area contributed by atoms with Gasteiger partial charge in [-0.05, 0) is 19.1 Å². The fraction of sp³-hybridized carbons (Fsp3) is 0.312. The smallest absolute Gasteiger partial charge is 0.276 e. The molecule has 1 aliphatic heterocycles. The van der Waals surface area contributed by atoms with Gasteiger partial charge in [-0.1, -0.05) is 22.8 Å². The van der Waals surface area contributed by atoms with Crippen LogP contribution in [-0.2, 0) is 0 Å². The standard InChI is InChI=1S/C16H15ClFN3O3/c1-10-9-13(19-24-10)15(22)20-5-7-21(8-6-20)16(23)14-11(17)3-2-4-12(14)18/h2-4,9H,5-8H2,1H3. The van der Waals surface area contributed by atoms with E-state index in [1.807, 2.05) is 0 Å². The molecule has 0 aliphatic carbocycles. The highest BCUT2D eigenvalue weighted by atomic mass is 35.5. The summed E-state index contributed by atoms with van der Waals surface area (Å²) in [5, 5.41) is 3.78. The van der Waals surface area contributed by atoms with Crippen molar-refractivity contribution in [1.29, 1.82) is 0 Å². The van der Waals surface area contributed by atoms with E-state index in [1.54, 1.807) is 17.9 Å². The number of benzene rings is 1. The Hall–Kier alpha value is -2.41. The molecule has 126 valence electrons. The van der Waals surface area contributed by atoms with Crippen LogP contribution < -0.4 is 0 Å². The Labute approximate surface area is 142 Å². The van der Waals surface area contributed by atoms with Crippen molar-refractivity contribution in [2.75, 3.05) is 26.2 Å². The zero-order chi connectivity index (χ0) is 17.3. The third-order valence-corrected chi connectivity index (χ3v) is 4.19. The highest BCUT2D eigenvalue weighted by Gasteiger charge is 2.28. The van der Waals surface area contributed by atoms with E-state index >= 15 is 0 Å². The number of aryl methyl sites for hydroxylation is 1. The summed E-state index contributed by atoms with van der Waals surface area (Å²) in [5.74, 6) is -0.809. The molecule has 0 N–H and O–H groups in total. The molecule has 1 aromatic heterocycles. The van der Waals surface area contributed by atoms with Gasteiger partial charge in [0.15, 0.2) is 5.69 Å². The second-order valence-electron chi connectivity index (χ2n) is 5.50. The molecule has 2 amide bonds. The monoisotopic (exact) mass is 351 g/mol. The molecule has 0 radical (unpaired) electrons. The summed E-state index contributed by atoms with van der Waals surface area (Å²) in [6, 6.07) is 5.69. The number of piperazine rings is 1. The minimum atomic E-state index is -0.649. The molecule has 1 aliphatic rings. The molecule has 0 bridgehead atoms. The molecule has 3 rings (SSSR count). The Kier molecular flexibility index (Phi) is 4.53. The first-order valence-corrected chi connectivity index (χ1v) is 7.81. The summed E-state index contributed by atoms with van der Waals surface area (Å²) >= 11 is 5.93. The Morgan fingerprint density at radius 1 is 1.17 bits per heavy atom. The van der Waals surface area contributed by atoms with E-state index in [1.165, 1.54) is 23.1 Å². The van der Waals surface area contributed by atoms with Gasteiger partial charge in [0, 0.05) is 32.2 Å². The van der Waals surface area contributed by atoms with E-state index in [4.69, 9.17) is 16.1 Å². The average Bonchev–Trinajstić information content (AvgIpc) is 3.00. The van der Waals surface area contributed by atoms with Crippen LogP contribution >= 0.6 is 11.6 Å². The number of carbonyl (C=O) groups is 2. The number of rotatable bonds is 2. The van der Waals surface area contributed by atoms with Crippen LogP contribution in [0, 0.1) is 12.7 Å². The Morgan fingerprint density at radius 2 is 1.79 bits per heavy atom. The van der Waals surface area contributed by atoms with E-state index in [0.29, 0.717) is 31.9 Å². The number of halogens is 2. The molecule has 1 saturated heterocycles. The number of carbonyl (C=O) groups excluding carboxylic acids is 2. The van der Waals surface area contributed by atoms with Crippen molar-refractivity contribution in [3.63, 3.8) is 0 Å². The maximum Gasteiger partial charge on any atom is 0.276 e. The van der Waals surface area contributed by atoms with Gasteiger partial charge in [0.25, 0.3) is 11.8 Å². The van der Waals surface area contributed by atoms with Gasteiger partial charge in [0.1, 0.15) is 11.6 Å². The van der Waals surface area contributed by atoms with Gasteiger partial charge in [-0.25, -0.2) is 4.39 Å². The first kappa shape index (κ1) is 16.4. The third kappa shape index (κ3) is 3.12. The summed E-state index contributed by atoms with van der Waals surface area (Å²) in [6.45, 7) is 2.97. The van der Waals surface area contributed by atoms with Gasteiger partial charge in [-0.3, -0.25) is 9.59 Å². The Balaban J connectivity index is 1.67. The minimum Gasteiger partial charge on any atom is -0.361 e. The van der Waals surface area contributed by atoms with Gasteiger partial charge in [0.05, 0.1) is 10.6 Å². The molecule has 0 saturated carbocycles. The maximum atomic E-state index is 13.9. The highest BCUT2D eigenvalue weighted by Crippen LogP contribution is 2.21. The highest BCUT2D eigenvalue weighted by molar-refractivity contribution is 6.33. The lowest BCUT2D eigenvalue weighted by Gasteiger charge is -2.34. The first-order chi connectivity index (χ1) is 11.5.